The van der Waals surface area contributed by atoms with Gasteiger partial charge in [0, 0.05) is 11.3 Å². The second kappa shape index (κ2) is 5.03. The maximum absolute atomic E-state index is 11.4. The van der Waals surface area contributed by atoms with Crippen molar-refractivity contribution >= 4 is 17.7 Å². The van der Waals surface area contributed by atoms with E-state index >= 15 is 0 Å². The Bertz CT molecular complexity index is 199. The van der Waals surface area contributed by atoms with Crippen LogP contribution >= 0.6 is 11.8 Å². The Hall–Kier alpha value is -0.220. The Morgan fingerprint density at radius 1 is 1.64 bits per heavy atom. The van der Waals surface area contributed by atoms with E-state index in [-0.39, 0.29) is 11.9 Å². The Kier molecular flexibility index (Phi) is 4.26. The molecule has 0 aliphatic heterocycles. The van der Waals surface area contributed by atoms with Crippen LogP contribution in [0, 0.1) is 0 Å². The maximum atomic E-state index is 11.4. The van der Waals surface area contributed by atoms with E-state index in [0.29, 0.717) is 11.2 Å². The second-order valence-corrected chi connectivity index (χ2v) is 5.25. The smallest absolute Gasteiger partial charge is 0.236 e. The molecule has 0 aromatic carbocycles. The summed E-state index contributed by atoms with van der Waals surface area (Å²) in [7, 11) is 0. The largest absolute Gasteiger partial charge is 0.353 e. The van der Waals surface area contributed by atoms with Crippen LogP contribution in [0.2, 0.25) is 0 Å². The molecule has 0 bridgehead atoms. The normalized spacial score (nSPS) is 21.1. The summed E-state index contributed by atoms with van der Waals surface area (Å²) in [5, 5.41) is 2.94. The van der Waals surface area contributed by atoms with Crippen molar-refractivity contribution in [2.75, 3.05) is 12.8 Å². The van der Waals surface area contributed by atoms with Gasteiger partial charge in [-0.05, 0) is 25.5 Å². The Morgan fingerprint density at radius 3 is 2.64 bits per heavy atom. The van der Waals surface area contributed by atoms with E-state index in [4.69, 9.17) is 5.73 Å². The topological polar surface area (TPSA) is 55.1 Å². The molecule has 1 amide bonds. The molecule has 1 rings (SSSR count). The number of amides is 1. The van der Waals surface area contributed by atoms with E-state index in [1.165, 1.54) is 19.3 Å². The molecule has 0 spiro atoms. The Balaban J connectivity index is 2.28. The first-order valence-electron chi connectivity index (χ1n) is 5.22. The van der Waals surface area contributed by atoms with E-state index in [1.807, 2.05) is 18.7 Å². The first kappa shape index (κ1) is 11.9. The molecule has 14 heavy (non-hydrogen) atoms. The first-order chi connectivity index (χ1) is 6.63. The number of thioether (sulfide) groups is 1. The average molecular weight is 216 g/mol. The van der Waals surface area contributed by atoms with Crippen molar-refractivity contribution in [2.45, 2.75) is 43.4 Å². The van der Waals surface area contributed by atoms with Gasteiger partial charge in [-0.3, -0.25) is 4.79 Å². The molecule has 0 aromatic rings. The molecule has 1 unspecified atom stereocenters. The van der Waals surface area contributed by atoms with Crippen LogP contribution < -0.4 is 11.1 Å². The third-order valence-electron chi connectivity index (χ3n) is 3.06. The highest BCUT2D eigenvalue weighted by Crippen LogP contribution is 2.42. The van der Waals surface area contributed by atoms with Crippen molar-refractivity contribution in [1.82, 2.24) is 5.32 Å². The minimum Gasteiger partial charge on any atom is -0.353 e. The van der Waals surface area contributed by atoms with Crippen molar-refractivity contribution in [3.8, 4) is 0 Å². The van der Waals surface area contributed by atoms with Crippen LogP contribution in [0.5, 0.6) is 0 Å². The highest BCUT2D eigenvalue weighted by Gasteiger charge is 2.36. The van der Waals surface area contributed by atoms with Gasteiger partial charge in [-0.25, -0.2) is 0 Å². The Morgan fingerprint density at radius 2 is 2.29 bits per heavy atom. The number of carbonyl (C=O) groups is 1. The molecule has 1 saturated carbocycles. The fraction of sp³-hybridized carbons (Fsp3) is 0.900. The number of rotatable bonds is 5. The zero-order valence-corrected chi connectivity index (χ0v) is 9.82. The highest BCUT2D eigenvalue weighted by molar-refractivity contribution is 8.00. The molecule has 0 radical (unpaired) electrons. The third-order valence-corrected chi connectivity index (χ3v) is 4.48. The van der Waals surface area contributed by atoms with Crippen LogP contribution in [0.3, 0.4) is 0 Å². The molecule has 0 aromatic heterocycles. The molecular weight excluding hydrogens is 196 g/mol. The minimum atomic E-state index is -0.339. The summed E-state index contributed by atoms with van der Waals surface area (Å²) in [6.45, 7) is 2.71. The van der Waals surface area contributed by atoms with Crippen LogP contribution in [0.25, 0.3) is 0 Å². The SMILES string of the molecule is CCC(N)C(=O)NCC1(SC)CCC1. The van der Waals surface area contributed by atoms with Crippen LogP contribution in [0.1, 0.15) is 32.6 Å². The monoisotopic (exact) mass is 216 g/mol. The molecule has 0 heterocycles. The molecule has 3 N–H and O–H groups in total. The quantitative estimate of drug-likeness (QED) is 0.724. The summed E-state index contributed by atoms with van der Waals surface area (Å²) in [4.78, 5) is 11.4. The van der Waals surface area contributed by atoms with E-state index in [1.54, 1.807) is 0 Å². The summed E-state index contributed by atoms with van der Waals surface area (Å²) in [6.07, 6.45) is 6.55. The number of nitrogens with one attached hydrogen (secondary N) is 1. The summed E-state index contributed by atoms with van der Waals surface area (Å²) in [5.41, 5.74) is 5.63. The molecule has 1 atom stereocenters. The van der Waals surface area contributed by atoms with Crippen molar-refractivity contribution in [3.05, 3.63) is 0 Å². The maximum Gasteiger partial charge on any atom is 0.236 e. The first-order valence-corrected chi connectivity index (χ1v) is 6.44. The van der Waals surface area contributed by atoms with Crippen molar-refractivity contribution in [3.63, 3.8) is 0 Å². The van der Waals surface area contributed by atoms with Gasteiger partial charge in [-0.2, -0.15) is 11.8 Å². The van der Waals surface area contributed by atoms with Gasteiger partial charge >= 0.3 is 0 Å². The fourth-order valence-corrected chi connectivity index (χ4v) is 2.50. The summed E-state index contributed by atoms with van der Waals surface area (Å²) in [6, 6.07) is -0.339. The molecule has 1 fully saturated rings. The van der Waals surface area contributed by atoms with Gasteiger partial charge in [-0.1, -0.05) is 13.3 Å². The number of hydrogen-bond acceptors (Lipinski definition) is 3. The van der Waals surface area contributed by atoms with Crippen LogP contribution in [0.4, 0.5) is 0 Å². The molecule has 1 aliphatic rings. The number of hydrogen-bond donors (Lipinski definition) is 2. The van der Waals surface area contributed by atoms with Gasteiger partial charge in [-0.15, -0.1) is 0 Å². The van der Waals surface area contributed by atoms with Crippen LogP contribution in [-0.2, 0) is 4.79 Å². The molecule has 3 nitrogen and oxygen atoms in total. The zero-order chi connectivity index (χ0) is 10.6. The third kappa shape index (κ3) is 2.64. The van der Waals surface area contributed by atoms with Crippen LogP contribution in [-0.4, -0.2) is 29.5 Å². The zero-order valence-electron chi connectivity index (χ0n) is 9.01. The lowest BCUT2D eigenvalue weighted by molar-refractivity contribution is -0.122. The van der Waals surface area contributed by atoms with Gasteiger partial charge in [0.05, 0.1) is 6.04 Å². The molecule has 1 aliphatic carbocycles. The standard InChI is InChI=1S/C10H20N2OS/c1-3-8(11)9(13)12-7-10(14-2)5-4-6-10/h8H,3-7,11H2,1-2H3,(H,12,13). The van der Waals surface area contributed by atoms with E-state index in [2.05, 4.69) is 11.6 Å². The predicted molar refractivity (Wildman–Crippen MR) is 61.4 cm³/mol. The van der Waals surface area contributed by atoms with Crippen LogP contribution in [0.15, 0.2) is 0 Å². The van der Waals surface area contributed by atoms with Crippen molar-refractivity contribution < 1.29 is 4.79 Å². The van der Waals surface area contributed by atoms with Crippen molar-refractivity contribution in [1.29, 1.82) is 0 Å². The van der Waals surface area contributed by atoms with E-state index in [0.717, 1.165) is 6.54 Å². The average Bonchev–Trinajstić information content (AvgIpc) is 2.15. The summed E-state index contributed by atoms with van der Waals surface area (Å²) in [5.74, 6) is -0.00664. The van der Waals surface area contributed by atoms with E-state index < -0.39 is 0 Å². The number of nitrogens with two attached hydrogens (primary N) is 1. The summed E-state index contributed by atoms with van der Waals surface area (Å²) >= 11 is 1.86. The summed E-state index contributed by atoms with van der Waals surface area (Å²) < 4.78 is 0.309. The fourth-order valence-electron chi connectivity index (χ4n) is 1.59. The van der Waals surface area contributed by atoms with Gasteiger partial charge < -0.3 is 11.1 Å². The van der Waals surface area contributed by atoms with Gasteiger partial charge in [0.2, 0.25) is 5.91 Å². The number of carbonyl (C=O) groups excluding carboxylic acids is 1. The molecule has 0 saturated heterocycles. The van der Waals surface area contributed by atoms with Gasteiger partial charge in [0.1, 0.15) is 0 Å². The highest BCUT2D eigenvalue weighted by atomic mass is 32.2. The van der Waals surface area contributed by atoms with E-state index in [9.17, 15) is 4.79 Å². The lowest BCUT2D eigenvalue weighted by Gasteiger charge is -2.40. The molecular formula is C10H20N2OS. The van der Waals surface area contributed by atoms with Crippen molar-refractivity contribution in [2.24, 2.45) is 5.73 Å². The lowest BCUT2D eigenvalue weighted by atomic mass is 9.84. The molecule has 4 heteroatoms. The minimum absolute atomic E-state index is 0.00664. The van der Waals surface area contributed by atoms with Gasteiger partial charge in [0.25, 0.3) is 0 Å². The Labute approximate surface area is 90.2 Å². The second-order valence-electron chi connectivity index (χ2n) is 3.97. The van der Waals surface area contributed by atoms with Gasteiger partial charge in [0.15, 0.2) is 0 Å². The molecule has 82 valence electrons. The lowest BCUT2D eigenvalue weighted by Crippen LogP contribution is -2.49. The predicted octanol–water partition coefficient (Wildman–Crippen LogP) is 1.13.